The normalized spacial score (nSPS) is 11.1. The minimum Gasteiger partial charge on any atom is -0.339 e. The van der Waals surface area contributed by atoms with Crippen molar-refractivity contribution in [1.82, 2.24) is 9.97 Å². The highest BCUT2D eigenvalue weighted by Gasteiger charge is 2.10. The zero-order valence-corrected chi connectivity index (χ0v) is 9.23. The topological polar surface area (TPSA) is 71.8 Å². The molecule has 0 aliphatic rings. The van der Waals surface area contributed by atoms with E-state index >= 15 is 0 Å². The van der Waals surface area contributed by atoms with Crippen molar-refractivity contribution in [2.24, 2.45) is 0 Å². The molecule has 0 atom stereocenters. The van der Waals surface area contributed by atoms with Gasteiger partial charge >= 0.3 is 0 Å². The number of aromatic nitrogens is 2. The Labute approximate surface area is 100 Å². The van der Waals surface area contributed by atoms with E-state index < -0.39 is 4.92 Å². The van der Waals surface area contributed by atoms with Crippen molar-refractivity contribution in [3.63, 3.8) is 0 Å². The summed E-state index contributed by atoms with van der Waals surface area (Å²) in [5, 5.41) is 12.9. The third-order valence-corrected chi connectivity index (χ3v) is 2.83. The summed E-state index contributed by atoms with van der Waals surface area (Å²) in [5.74, 6) is 0. The molecule has 17 heavy (non-hydrogen) atoms. The van der Waals surface area contributed by atoms with Crippen LogP contribution in [0.5, 0.6) is 0 Å². The van der Waals surface area contributed by atoms with Gasteiger partial charge in [0.25, 0.3) is 5.69 Å². The molecule has 0 aliphatic carbocycles. The Morgan fingerprint density at radius 3 is 2.76 bits per heavy atom. The fourth-order valence-corrected chi connectivity index (χ4v) is 2.01. The van der Waals surface area contributed by atoms with Crippen LogP contribution in [0.25, 0.3) is 21.9 Å². The maximum absolute atomic E-state index is 10.7. The molecule has 3 aromatic rings. The van der Waals surface area contributed by atoms with E-state index in [1.165, 1.54) is 12.1 Å². The Hall–Kier alpha value is -2.14. The zero-order chi connectivity index (χ0) is 12.0. The van der Waals surface area contributed by atoms with Gasteiger partial charge in [0, 0.05) is 22.9 Å². The predicted molar refractivity (Wildman–Crippen MR) is 65.3 cm³/mol. The van der Waals surface area contributed by atoms with Crippen molar-refractivity contribution < 1.29 is 4.92 Å². The molecular formula is C11H6ClN3O2. The SMILES string of the molecule is O=[N+]([O-])c1ccc2c(c1)[nH]c1nc(Cl)ccc12. The fourth-order valence-electron chi connectivity index (χ4n) is 1.86. The van der Waals surface area contributed by atoms with Crippen LogP contribution in [0.2, 0.25) is 5.15 Å². The zero-order valence-electron chi connectivity index (χ0n) is 8.48. The van der Waals surface area contributed by atoms with Crippen LogP contribution in [0.4, 0.5) is 5.69 Å². The molecule has 0 saturated carbocycles. The van der Waals surface area contributed by atoms with E-state index in [9.17, 15) is 10.1 Å². The molecule has 0 aliphatic heterocycles. The summed E-state index contributed by atoms with van der Waals surface area (Å²) in [7, 11) is 0. The second-order valence-electron chi connectivity index (χ2n) is 3.64. The summed E-state index contributed by atoms with van der Waals surface area (Å²) in [6.07, 6.45) is 0. The molecule has 3 rings (SSSR count). The molecular weight excluding hydrogens is 242 g/mol. The van der Waals surface area contributed by atoms with Crippen LogP contribution in [0.15, 0.2) is 30.3 Å². The number of hydrogen-bond acceptors (Lipinski definition) is 3. The van der Waals surface area contributed by atoms with Crippen LogP contribution in [-0.4, -0.2) is 14.9 Å². The molecule has 0 saturated heterocycles. The van der Waals surface area contributed by atoms with Crippen molar-refractivity contribution in [3.8, 4) is 0 Å². The first kappa shape index (κ1) is 10.0. The monoisotopic (exact) mass is 247 g/mol. The lowest BCUT2D eigenvalue weighted by molar-refractivity contribution is -0.384. The molecule has 0 spiro atoms. The lowest BCUT2D eigenvalue weighted by Crippen LogP contribution is -1.86. The first-order valence-corrected chi connectivity index (χ1v) is 5.25. The number of benzene rings is 1. The van der Waals surface area contributed by atoms with E-state index in [2.05, 4.69) is 9.97 Å². The molecule has 5 nitrogen and oxygen atoms in total. The second-order valence-corrected chi connectivity index (χ2v) is 4.03. The Morgan fingerprint density at radius 1 is 1.24 bits per heavy atom. The molecule has 2 heterocycles. The molecule has 0 radical (unpaired) electrons. The predicted octanol–water partition coefficient (Wildman–Crippen LogP) is 3.28. The van der Waals surface area contributed by atoms with Gasteiger partial charge in [-0.1, -0.05) is 11.6 Å². The Bertz CT molecular complexity index is 751. The van der Waals surface area contributed by atoms with Crippen molar-refractivity contribution in [1.29, 1.82) is 0 Å². The quantitative estimate of drug-likeness (QED) is 0.407. The number of non-ortho nitro benzene ring substituents is 1. The van der Waals surface area contributed by atoms with Crippen molar-refractivity contribution in [2.75, 3.05) is 0 Å². The Morgan fingerprint density at radius 2 is 2.00 bits per heavy atom. The van der Waals surface area contributed by atoms with Crippen LogP contribution in [0, 0.1) is 10.1 Å². The number of H-pyrrole nitrogens is 1. The van der Waals surface area contributed by atoms with Gasteiger partial charge in [-0.15, -0.1) is 0 Å². The molecule has 2 aromatic heterocycles. The molecule has 84 valence electrons. The van der Waals surface area contributed by atoms with Crippen LogP contribution < -0.4 is 0 Å². The Balaban J connectivity index is 2.38. The number of hydrogen-bond donors (Lipinski definition) is 1. The van der Waals surface area contributed by atoms with Gasteiger partial charge in [0.05, 0.1) is 10.4 Å². The maximum Gasteiger partial charge on any atom is 0.271 e. The number of pyridine rings is 1. The Kier molecular flexibility index (Phi) is 2.02. The maximum atomic E-state index is 10.7. The lowest BCUT2D eigenvalue weighted by atomic mass is 10.2. The van der Waals surface area contributed by atoms with Gasteiger partial charge in [-0.25, -0.2) is 4.98 Å². The van der Waals surface area contributed by atoms with Crippen LogP contribution in [-0.2, 0) is 0 Å². The average molecular weight is 248 g/mol. The number of nitrogens with zero attached hydrogens (tertiary/aromatic N) is 2. The number of nitrogens with one attached hydrogen (secondary N) is 1. The van der Waals surface area contributed by atoms with Crippen LogP contribution in [0.3, 0.4) is 0 Å². The number of nitro groups is 1. The van der Waals surface area contributed by atoms with Crippen LogP contribution in [0.1, 0.15) is 0 Å². The highest BCUT2D eigenvalue weighted by atomic mass is 35.5. The summed E-state index contributed by atoms with van der Waals surface area (Å²) in [6.45, 7) is 0. The summed E-state index contributed by atoms with van der Waals surface area (Å²) < 4.78 is 0. The number of rotatable bonds is 1. The van der Waals surface area contributed by atoms with Gasteiger partial charge in [-0.05, 0) is 18.2 Å². The molecule has 0 fully saturated rings. The van der Waals surface area contributed by atoms with Crippen molar-refractivity contribution in [3.05, 3.63) is 45.6 Å². The third kappa shape index (κ3) is 1.52. The molecule has 0 unspecified atom stereocenters. The molecule has 1 aromatic carbocycles. The second kappa shape index (κ2) is 3.43. The molecule has 0 amide bonds. The first-order chi connectivity index (χ1) is 8.15. The van der Waals surface area contributed by atoms with E-state index in [4.69, 9.17) is 11.6 Å². The molecule has 6 heteroatoms. The van der Waals surface area contributed by atoms with Gasteiger partial charge < -0.3 is 4.98 Å². The average Bonchev–Trinajstić information content (AvgIpc) is 2.64. The highest BCUT2D eigenvalue weighted by molar-refractivity contribution is 6.30. The number of fused-ring (bicyclic) bond motifs is 3. The van der Waals surface area contributed by atoms with Gasteiger partial charge in [0.15, 0.2) is 0 Å². The summed E-state index contributed by atoms with van der Waals surface area (Å²) in [5.41, 5.74) is 1.37. The molecule has 0 bridgehead atoms. The van der Waals surface area contributed by atoms with E-state index in [1.807, 2.05) is 6.07 Å². The first-order valence-electron chi connectivity index (χ1n) is 4.87. The standard InChI is InChI=1S/C11H6ClN3O2/c12-10-4-3-8-7-2-1-6(15(16)17)5-9(7)13-11(8)14-10/h1-5H,(H,13,14). The summed E-state index contributed by atoms with van der Waals surface area (Å²) >= 11 is 5.79. The highest BCUT2D eigenvalue weighted by Crippen LogP contribution is 2.28. The van der Waals surface area contributed by atoms with Crippen molar-refractivity contribution in [2.45, 2.75) is 0 Å². The summed E-state index contributed by atoms with van der Waals surface area (Å²) in [4.78, 5) is 17.4. The number of nitro benzene ring substituents is 1. The smallest absolute Gasteiger partial charge is 0.271 e. The van der Waals surface area contributed by atoms with Crippen LogP contribution >= 0.6 is 11.6 Å². The number of halogens is 1. The minimum absolute atomic E-state index is 0.0511. The third-order valence-electron chi connectivity index (χ3n) is 2.62. The van der Waals surface area contributed by atoms with Gasteiger partial charge in [0.2, 0.25) is 0 Å². The summed E-state index contributed by atoms with van der Waals surface area (Å²) in [6, 6.07) is 8.21. The molecule has 1 N–H and O–H groups in total. The number of aromatic amines is 1. The largest absolute Gasteiger partial charge is 0.339 e. The van der Waals surface area contributed by atoms with Gasteiger partial charge in [0.1, 0.15) is 10.8 Å². The van der Waals surface area contributed by atoms with Crippen molar-refractivity contribution >= 4 is 39.2 Å². The van der Waals surface area contributed by atoms with E-state index in [0.717, 1.165) is 10.8 Å². The fraction of sp³-hybridized carbons (Fsp3) is 0. The minimum atomic E-state index is -0.425. The lowest BCUT2D eigenvalue weighted by Gasteiger charge is -1.92. The van der Waals surface area contributed by atoms with Gasteiger partial charge in [-0.3, -0.25) is 10.1 Å². The van der Waals surface area contributed by atoms with E-state index in [1.54, 1.807) is 12.1 Å². The van der Waals surface area contributed by atoms with Gasteiger partial charge in [-0.2, -0.15) is 0 Å². The van der Waals surface area contributed by atoms with E-state index in [0.29, 0.717) is 16.3 Å². The van der Waals surface area contributed by atoms with E-state index in [-0.39, 0.29) is 5.69 Å².